The van der Waals surface area contributed by atoms with Crippen LogP contribution in [0.3, 0.4) is 0 Å². The highest BCUT2D eigenvalue weighted by atomic mass is 16.6. The largest absolute Gasteiger partial charge is 0.497 e. The standard InChI is InChI=1S/C35H33N3O7/c1-22-20-37(33(40)36-31(22)39)32-30-23-13-14-27(19-23)34(30,38(41)42)29(45-32)21-44-35(24-9-5-3-6-10-24,25-11-7-4-8-12-25)26-15-17-28(43-2)18-16-26/h3-18,20,23,27,29-30,32H,19,21H2,1-2H3,(H,36,39,40)/t23-,27+,29+,30-,32+,34-/m0/s1. The van der Waals surface area contributed by atoms with Crippen molar-refractivity contribution in [3.05, 3.63) is 156 Å². The van der Waals surface area contributed by atoms with Gasteiger partial charge in [0, 0.05) is 16.7 Å². The predicted octanol–water partition coefficient (Wildman–Crippen LogP) is 4.60. The minimum atomic E-state index is -1.54. The van der Waals surface area contributed by atoms with Gasteiger partial charge in [0.25, 0.3) is 11.1 Å². The number of rotatable bonds is 9. The van der Waals surface area contributed by atoms with E-state index < -0.39 is 46.6 Å². The summed E-state index contributed by atoms with van der Waals surface area (Å²) in [4.78, 5) is 40.7. The Morgan fingerprint density at radius 1 is 0.978 bits per heavy atom. The van der Waals surface area contributed by atoms with Gasteiger partial charge in [-0.3, -0.25) is 24.5 Å². The van der Waals surface area contributed by atoms with Crippen molar-refractivity contribution in [3.8, 4) is 5.75 Å². The first-order valence-corrected chi connectivity index (χ1v) is 15.0. The summed E-state index contributed by atoms with van der Waals surface area (Å²) in [6.07, 6.45) is 3.96. The highest BCUT2D eigenvalue weighted by Gasteiger charge is 2.76. The minimum Gasteiger partial charge on any atom is -0.497 e. The van der Waals surface area contributed by atoms with E-state index in [0.717, 1.165) is 16.7 Å². The normalized spacial score (nSPS) is 26.6. The van der Waals surface area contributed by atoms with Gasteiger partial charge < -0.3 is 14.2 Å². The highest BCUT2D eigenvalue weighted by molar-refractivity contribution is 5.48. The Balaban J connectivity index is 1.37. The van der Waals surface area contributed by atoms with Crippen LogP contribution in [0.5, 0.6) is 5.75 Å². The van der Waals surface area contributed by atoms with Crippen LogP contribution in [0.2, 0.25) is 0 Å². The number of allylic oxidation sites excluding steroid dienone is 1. The van der Waals surface area contributed by atoms with Crippen LogP contribution in [0.4, 0.5) is 0 Å². The molecule has 1 saturated heterocycles. The van der Waals surface area contributed by atoms with Crippen molar-refractivity contribution in [2.45, 2.75) is 36.8 Å². The number of nitrogens with one attached hydrogen (secondary N) is 1. The molecule has 45 heavy (non-hydrogen) atoms. The molecule has 3 aromatic carbocycles. The summed E-state index contributed by atoms with van der Waals surface area (Å²) in [7, 11) is 1.60. The number of ether oxygens (including phenoxy) is 3. The quantitative estimate of drug-likeness (QED) is 0.128. The van der Waals surface area contributed by atoms with E-state index in [1.165, 1.54) is 10.8 Å². The summed E-state index contributed by atoms with van der Waals surface area (Å²) < 4.78 is 20.4. The third-order valence-corrected chi connectivity index (χ3v) is 9.88. The molecule has 6 atom stereocenters. The second kappa shape index (κ2) is 11.0. The fourth-order valence-electron chi connectivity index (χ4n) is 7.87. The number of methoxy groups -OCH3 is 1. The number of nitrogens with zero attached hydrogens (tertiary/aromatic N) is 2. The molecule has 2 aliphatic carbocycles. The number of hydrogen-bond donors (Lipinski definition) is 1. The Morgan fingerprint density at radius 3 is 2.20 bits per heavy atom. The molecule has 2 bridgehead atoms. The Kier molecular flexibility index (Phi) is 7.06. The lowest BCUT2D eigenvalue weighted by atomic mass is 9.73. The Bertz CT molecular complexity index is 1830. The minimum absolute atomic E-state index is 0.141. The molecule has 4 aromatic rings. The molecule has 2 heterocycles. The van der Waals surface area contributed by atoms with Crippen molar-refractivity contribution < 1.29 is 19.1 Å². The van der Waals surface area contributed by atoms with E-state index in [-0.39, 0.29) is 17.4 Å². The number of fused-ring (bicyclic) bond motifs is 5. The number of aromatic nitrogens is 2. The summed E-state index contributed by atoms with van der Waals surface area (Å²) in [6.45, 7) is 1.45. The van der Waals surface area contributed by atoms with Crippen LogP contribution in [0.15, 0.2) is 113 Å². The van der Waals surface area contributed by atoms with Gasteiger partial charge in [-0.1, -0.05) is 84.9 Å². The molecule has 10 heteroatoms. The van der Waals surface area contributed by atoms with Crippen LogP contribution in [0.25, 0.3) is 0 Å². The molecule has 0 spiro atoms. The fraction of sp³-hybridized carbons (Fsp3) is 0.314. The van der Waals surface area contributed by atoms with Crippen LogP contribution in [-0.2, 0) is 15.1 Å². The number of hydrogen-bond acceptors (Lipinski definition) is 7. The highest BCUT2D eigenvalue weighted by Crippen LogP contribution is 2.62. The first-order chi connectivity index (χ1) is 21.8. The molecule has 0 unspecified atom stereocenters. The number of H-pyrrole nitrogens is 1. The average Bonchev–Trinajstić information content (AvgIpc) is 3.77. The lowest BCUT2D eigenvalue weighted by Crippen LogP contribution is -2.56. The Hall–Kier alpha value is -4.80. The van der Waals surface area contributed by atoms with E-state index in [9.17, 15) is 19.7 Å². The molecule has 230 valence electrons. The van der Waals surface area contributed by atoms with Crippen LogP contribution in [0, 0.1) is 34.8 Å². The molecule has 10 nitrogen and oxygen atoms in total. The molecule has 1 saturated carbocycles. The first kappa shape index (κ1) is 28.9. The van der Waals surface area contributed by atoms with Crippen molar-refractivity contribution in [3.63, 3.8) is 0 Å². The van der Waals surface area contributed by atoms with Gasteiger partial charge in [-0.2, -0.15) is 0 Å². The van der Waals surface area contributed by atoms with Crippen molar-refractivity contribution in [1.29, 1.82) is 0 Å². The zero-order valence-electron chi connectivity index (χ0n) is 24.9. The fourth-order valence-corrected chi connectivity index (χ4v) is 7.87. The van der Waals surface area contributed by atoms with E-state index in [0.29, 0.717) is 17.7 Å². The van der Waals surface area contributed by atoms with Gasteiger partial charge in [0.2, 0.25) is 0 Å². The molecule has 1 aliphatic heterocycles. The SMILES string of the molecule is COc1ccc(C(OC[C@H]2O[C@@H](n3cc(C)c(=O)[nH]c3=O)[C@@H]3[C@H]4C=C[C@H](C4)[C@@]32[N+](=O)[O-])(c2ccccc2)c2ccccc2)cc1. The monoisotopic (exact) mass is 607 g/mol. The molecule has 1 aromatic heterocycles. The summed E-state index contributed by atoms with van der Waals surface area (Å²) in [5.74, 6) is -0.516. The molecule has 0 radical (unpaired) electrons. The zero-order valence-corrected chi connectivity index (χ0v) is 24.9. The first-order valence-electron chi connectivity index (χ1n) is 15.0. The van der Waals surface area contributed by atoms with Crippen LogP contribution in [-0.4, -0.2) is 39.8 Å². The predicted molar refractivity (Wildman–Crippen MR) is 166 cm³/mol. The number of aromatic amines is 1. The maximum absolute atomic E-state index is 13.3. The third kappa shape index (κ3) is 4.31. The number of nitro groups is 1. The molecule has 7 rings (SSSR count). The second-order valence-corrected chi connectivity index (χ2v) is 12.0. The summed E-state index contributed by atoms with van der Waals surface area (Å²) in [5.41, 5.74) is -1.07. The Labute approximate surface area is 259 Å². The molecule has 2 fully saturated rings. The van der Waals surface area contributed by atoms with E-state index >= 15 is 0 Å². The van der Waals surface area contributed by atoms with Gasteiger partial charge in [-0.25, -0.2) is 4.79 Å². The topological polar surface area (TPSA) is 126 Å². The van der Waals surface area contributed by atoms with Crippen molar-refractivity contribution in [1.82, 2.24) is 9.55 Å². The van der Waals surface area contributed by atoms with Gasteiger partial charge in [0.15, 0.2) is 6.10 Å². The molecular weight excluding hydrogens is 574 g/mol. The van der Waals surface area contributed by atoms with Gasteiger partial charge >= 0.3 is 5.69 Å². The van der Waals surface area contributed by atoms with Gasteiger partial charge in [0.1, 0.15) is 17.6 Å². The second-order valence-electron chi connectivity index (χ2n) is 12.0. The van der Waals surface area contributed by atoms with Gasteiger partial charge in [-0.15, -0.1) is 0 Å². The molecule has 0 amide bonds. The van der Waals surface area contributed by atoms with Crippen LogP contribution < -0.4 is 16.0 Å². The van der Waals surface area contributed by atoms with Crippen LogP contribution in [0.1, 0.15) is 34.9 Å². The smallest absolute Gasteiger partial charge is 0.330 e. The average molecular weight is 608 g/mol. The zero-order chi connectivity index (χ0) is 31.3. The molecule has 3 aliphatic rings. The maximum atomic E-state index is 13.3. The van der Waals surface area contributed by atoms with Gasteiger partial charge in [0.05, 0.1) is 25.6 Å². The van der Waals surface area contributed by atoms with E-state index in [1.807, 2.05) is 97.1 Å². The molecule has 1 N–H and O–H groups in total. The van der Waals surface area contributed by atoms with E-state index in [4.69, 9.17) is 14.2 Å². The summed E-state index contributed by atoms with van der Waals surface area (Å²) >= 11 is 0. The van der Waals surface area contributed by atoms with E-state index in [2.05, 4.69) is 4.98 Å². The van der Waals surface area contributed by atoms with Gasteiger partial charge in [-0.05, 0) is 48.1 Å². The van der Waals surface area contributed by atoms with E-state index in [1.54, 1.807) is 14.0 Å². The summed E-state index contributed by atoms with van der Waals surface area (Å²) in [6, 6.07) is 27.1. The lowest BCUT2D eigenvalue weighted by Gasteiger charge is -2.38. The Morgan fingerprint density at radius 2 is 1.60 bits per heavy atom. The lowest BCUT2D eigenvalue weighted by molar-refractivity contribution is -0.589. The maximum Gasteiger partial charge on any atom is 0.330 e. The van der Waals surface area contributed by atoms with Crippen molar-refractivity contribution in [2.75, 3.05) is 13.7 Å². The summed E-state index contributed by atoms with van der Waals surface area (Å²) in [5, 5.41) is 13.3. The van der Waals surface area contributed by atoms with Crippen molar-refractivity contribution in [2.24, 2.45) is 17.8 Å². The number of aryl methyl sites for hydroxylation is 1. The number of benzene rings is 3. The molecular formula is C35H33N3O7. The van der Waals surface area contributed by atoms with Crippen molar-refractivity contribution >= 4 is 0 Å². The van der Waals surface area contributed by atoms with Crippen LogP contribution >= 0.6 is 0 Å². The third-order valence-electron chi connectivity index (χ3n) is 9.88.